The van der Waals surface area contributed by atoms with Crippen molar-refractivity contribution in [3.05, 3.63) is 52.5 Å². The molecule has 0 saturated heterocycles. The SMILES string of the molecule is C=CCCCCCCCCCc1nc2ccc(C)cc2oc1=O. The van der Waals surface area contributed by atoms with E-state index in [1.165, 1.54) is 32.1 Å². The predicted octanol–water partition coefficient (Wildman–Crippen LogP) is 5.35. The molecule has 0 aliphatic carbocycles. The van der Waals surface area contributed by atoms with Crippen molar-refractivity contribution in [2.75, 3.05) is 0 Å². The third-order valence-electron chi connectivity index (χ3n) is 4.13. The highest BCUT2D eigenvalue weighted by Crippen LogP contribution is 2.14. The zero-order valence-corrected chi connectivity index (χ0v) is 14.1. The van der Waals surface area contributed by atoms with Crippen LogP contribution >= 0.6 is 0 Å². The molecule has 0 atom stereocenters. The third-order valence-corrected chi connectivity index (χ3v) is 4.13. The Morgan fingerprint density at radius 1 is 1.09 bits per heavy atom. The van der Waals surface area contributed by atoms with Gasteiger partial charge in [0, 0.05) is 0 Å². The fourth-order valence-corrected chi connectivity index (χ4v) is 2.77. The van der Waals surface area contributed by atoms with Crippen LogP contribution in [-0.4, -0.2) is 4.98 Å². The summed E-state index contributed by atoms with van der Waals surface area (Å²) in [6.07, 6.45) is 12.3. The van der Waals surface area contributed by atoms with E-state index in [4.69, 9.17) is 4.42 Å². The van der Waals surface area contributed by atoms with E-state index in [2.05, 4.69) is 11.6 Å². The normalized spacial score (nSPS) is 11.0. The summed E-state index contributed by atoms with van der Waals surface area (Å²) in [5.41, 5.74) is 2.70. The van der Waals surface area contributed by atoms with Gasteiger partial charge in [0.05, 0.1) is 0 Å². The smallest absolute Gasteiger partial charge is 0.358 e. The molecule has 1 aromatic heterocycles. The Balaban J connectivity index is 1.74. The standard InChI is InChI=1S/C20H27NO2/c1-3-4-5-6-7-8-9-10-11-12-18-20(22)23-19-15-16(2)13-14-17(19)21-18/h3,13-15H,1,4-12H2,2H3. The summed E-state index contributed by atoms with van der Waals surface area (Å²) in [6, 6.07) is 5.77. The highest BCUT2D eigenvalue weighted by Gasteiger charge is 2.07. The molecule has 2 rings (SSSR count). The summed E-state index contributed by atoms with van der Waals surface area (Å²) < 4.78 is 5.38. The molecule has 124 valence electrons. The van der Waals surface area contributed by atoms with Gasteiger partial charge in [-0.15, -0.1) is 6.58 Å². The number of aromatic nitrogens is 1. The summed E-state index contributed by atoms with van der Waals surface area (Å²) in [6.45, 7) is 5.72. The minimum absolute atomic E-state index is 0.285. The van der Waals surface area contributed by atoms with Gasteiger partial charge in [0.15, 0.2) is 5.58 Å². The van der Waals surface area contributed by atoms with E-state index >= 15 is 0 Å². The van der Waals surface area contributed by atoms with Gasteiger partial charge in [0.25, 0.3) is 0 Å². The number of hydrogen-bond acceptors (Lipinski definition) is 3. The van der Waals surface area contributed by atoms with Crippen molar-refractivity contribution >= 4 is 11.1 Å². The maximum absolute atomic E-state index is 12.0. The lowest BCUT2D eigenvalue weighted by atomic mass is 10.1. The van der Waals surface area contributed by atoms with Gasteiger partial charge in [0.2, 0.25) is 0 Å². The van der Waals surface area contributed by atoms with Gasteiger partial charge in [-0.25, -0.2) is 9.78 Å². The van der Waals surface area contributed by atoms with Crippen LogP contribution in [0.2, 0.25) is 0 Å². The van der Waals surface area contributed by atoms with Gasteiger partial charge in [-0.05, 0) is 50.3 Å². The fourth-order valence-electron chi connectivity index (χ4n) is 2.77. The minimum atomic E-state index is -0.285. The van der Waals surface area contributed by atoms with Gasteiger partial charge in [0.1, 0.15) is 11.2 Å². The van der Waals surface area contributed by atoms with Crippen LogP contribution in [0.4, 0.5) is 0 Å². The summed E-state index contributed by atoms with van der Waals surface area (Å²) in [7, 11) is 0. The van der Waals surface area contributed by atoms with Crippen molar-refractivity contribution in [1.82, 2.24) is 4.98 Å². The first-order chi connectivity index (χ1) is 11.2. The second-order valence-electron chi connectivity index (χ2n) is 6.22. The maximum Gasteiger partial charge on any atom is 0.358 e. The molecule has 1 aromatic carbocycles. The van der Waals surface area contributed by atoms with Crippen LogP contribution in [0.15, 0.2) is 40.1 Å². The Hall–Kier alpha value is -1.90. The largest absolute Gasteiger partial charge is 0.420 e. The monoisotopic (exact) mass is 313 g/mol. The van der Waals surface area contributed by atoms with E-state index in [9.17, 15) is 4.79 Å². The van der Waals surface area contributed by atoms with E-state index in [0.717, 1.165) is 30.3 Å². The lowest BCUT2D eigenvalue weighted by Gasteiger charge is -2.03. The van der Waals surface area contributed by atoms with Gasteiger partial charge in [-0.2, -0.15) is 0 Å². The van der Waals surface area contributed by atoms with Crippen molar-refractivity contribution in [3.8, 4) is 0 Å². The van der Waals surface area contributed by atoms with E-state index in [-0.39, 0.29) is 5.63 Å². The molecule has 0 aliphatic rings. The molecule has 3 heteroatoms. The highest BCUT2D eigenvalue weighted by molar-refractivity contribution is 5.72. The molecule has 0 spiro atoms. The first-order valence-electron chi connectivity index (χ1n) is 8.72. The highest BCUT2D eigenvalue weighted by atomic mass is 16.4. The average molecular weight is 313 g/mol. The molecule has 23 heavy (non-hydrogen) atoms. The molecule has 1 heterocycles. The lowest BCUT2D eigenvalue weighted by Crippen LogP contribution is -2.10. The first-order valence-corrected chi connectivity index (χ1v) is 8.72. The molecule has 0 aliphatic heterocycles. The number of hydrogen-bond donors (Lipinski definition) is 0. The summed E-state index contributed by atoms with van der Waals surface area (Å²) >= 11 is 0. The quantitative estimate of drug-likeness (QED) is 0.439. The van der Waals surface area contributed by atoms with Crippen LogP contribution in [0.25, 0.3) is 11.1 Å². The maximum atomic E-state index is 12.0. The molecule has 0 N–H and O–H groups in total. The van der Waals surface area contributed by atoms with Gasteiger partial charge < -0.3 is 4.42 Å². The van der Waals surface area contributed by atoms with Crippen LogP contribution < -0.4 is 5.63 Å². The zero-order chi connectivity index (χ0) is 16.5. The Kier molecular flexibility index (Phi) is 7.05. The van der Waals surface area contributed by atoms with Crippen molar-refractivity contribution in [2.45, 2.75) is 64.7 Å². The van der Waals surface area contributed by atoms with Crippen LogP contribution in [0.5, 0.6) is 0 Å². The molecule has 2 aromatic rings. The summed E-state index contributed by atoms with van der Waals surface area (Å²) in [5, 5.41) is 0. The van der Waals surface area contributed by atoms with Gasteiger partial charge in [-0.3, -0.25) is 0 Å². The van der Waals surface area contributed by atoms with Crippen LogP contribution in [0.3, 0.4) is 0 Å². The summed E-state index contributed by atoms with van der Waals surface area (Å²) in [5.74, 6) is 0. The van der Waals surface area contributed by atoms with E-state index in [1.807, 2.05) is 31.2 Å². The molecule has 0 fully saturated rings. The van der Waals surface area contributed by atoms with Crippen LogP contribution in [0, 0.1) is 6.92 Å². The average Bonchev–Trinajstić information content (AvgIpc) is 2.53. The fraction of sp³-hybridized carbons (Fsp3) is 0.500. The van der Waals surface area contributed by atoms with E-state index in [0.29, 0.717) is 17.7 Å². The lowest BCUT2D eigenvalue weighted by molar-refractivity contribution is 0.530. The summed E-state index contributed by atoms with van der Waals surface area (Å²) in [4.78, 5) is 16.4. The molecule has 0 radical (unpaired) electrons. The molecule has 3 nitrogen and oxygen atoms in total. The zero-order valence-electron chi connectivity index (χ0n) is 14.1. The molecule has 0 amide bonds. The topological polar surface area (TPSA) is 43.1 Å². The Labute approximate surface area is 138 Å². The molecule has 0 bridgehead atoms. The number of aryl methyl sites for hydroxylation is 2. The van der Waals surface area contributed by atoms with Crippen molar-refractivity contribution in [2.24, 2.45) is 0 Å². The second-order valence-corrected chi connectivity index (χ2v) is 6.22. The number of benzene rings is 1. The number of fused-ring (bicyclic) bond motifs is 1. The minimum Gasteiger partial charge on any atom is -0.420 e. The van der Waals surface area contributed by atoms with E-state index in [1.54, 1.807) is 0 Å². The van der Waals surface area contributed by atoms with Crippen molar-refractivity contribution < 1.29 is 4.42 Å². The Bertz CT molecular complexity index is 688. The molecular weight excluding hydrogens is 286 g/mol. The molecular formula is C20H27NO2. The molecule has 0 saturated carbocycles. The first kappa shape index (κ1) is 17.5. The van der Waals surface area contributed by atoms with Gasteiger partial charge >= 0.3 is 5.63 Å². The Morgan fingerprint density at radius 3 is 2.52 bits per heavy atom. The third kappa shape index (κ3) is 5.66. The number of unbranched alkanes of at least 4 members (excludes halogenated alkanes) is 7. The number of rotatable bonds is 10. The van der Waals surface area contributed by atoms with E-state index < -0.39 is 0 Å². The predicted molar refractivity (Wildman–Crippen MR) is 95.9 cm³/mol. The van der Waals surface area contributed by atoms with Crippen molar-refractivity contribution in [1.29, 1.82) is 0 Å². The second kappa shape index (κ2) is 9.29. The van der Waals surface area contributed by atoms with Crippen molar-refractivity contribution in [3.63, 3.8) is 0 Å². The van der Waals surface area contributed by atoms with Gasteiger partial charge in [-0.1, -0.05) is 44.2 Å². The number of allylic oxidation sites excluding steroid dienone is 1. The Morgan fingerprint density at radius 2 is 1.78 bits per heavy atom. The van der Waals surface area contributed by atoms with Crippen LogP contribution in [0.1, 0.15) is 62.6 Å². The molecule has 0 unspecified atom stereocenters. The van der Waals surface area contributed by atoms with Crippen LogP contribution in [-0.2, 0) is 6.42 Å². The number of nitrogens with zero attached hydrogens (tertiary/aromatic N) is 1.